The van der Waals surface area contributed by atoms with Gasteiger partial charge in [0.15, 0.2) is 5.17 Å². The monoisotopic (exact) mass is 332 g/mol. The molecule has 0 spiro atoms. The third kappa shape index (κ3) is 2.67. The highest BCUT2D eigenvalue weighted by atomic mass is 35.5. The Morgan fingerprint density at radius 3 is 2.79 bits per heavy atom. The molecule has 1 aromatic heterocycles. The SMILES string of the molecule is CC1CN=C(Nc2c(Cl)cc(Cl)c3nsnc23)SC1. The molecular weight excluding hydrogens is 323 g/mol. The third-order valence-corrected chi connectivity index (χ3v) is 5.08. The molecule has 19 heavy (non-hydrogen) atoms. The van der Waals surface area contributed by atoms with Gasteiger partial charge >= 0.3 is 0 Å². The van der Waals surface area contributed by atoms with E-state index in [1.807, 2.05) is 0 Å². The van der Waals surface area contributed by atoms with Crippen LogP contribution >= 0.6 is 46.7 Å². The van der Waals surface area contributed by atoms with Crippen molar-refractivity contribution in [1.29, 1.82) is 0 Å². The first-order chi connectivity index (χ1) is 9.15. The van der Waals surface area contributed by atoms with Crippen LogP contribution in [0.25, 0.3) is 11.0 Å². The molecule has 8 heteroatoms. The molecule has 1 aliphatic rings. The number of benzene rings is 1. The van der Waals surface area contributed by atoms with Gasteiger partial charge in [0.05, 0.1) is 27.5 Å². The molecule has 0 bridgehead atoms. The van der Waals surface area contributed by atoms with Crippen LogP contribution in [0.5, 0.6) is 0 Å². The molecule has 0 radical (unpaired) electrons. The van der Waals surface area contributed by atoms with Gasteiger partial charge in [0.2, 0.25) is 0 Å². The maximum Gasteiger partial charge on any atom is 0.161 e. The maximum atomic E-state index is 6.24. The second kappa shape index (κ2) is 5.44. The van der Waals surface area contributed by atoms with Crippen LogP contribution in [0.3, 0.4) is 0 Å². The maximum absolute atomic E-state index is 6.24. The van der Waals surface area contributed by atoms with Gasteiger partial charge < -0.3 is 5.32 Å². The average Bonchev–Trinajstić information content (AvgIpc) is 2.86. The van der Waals surface area contributed by atoms with Crippen molar-refractivity contribution in [3.63, 3.8) is 0 Å². The number of nitrogens with zero attached hydrogens (tertiary/aromatic N) is 3. The van der Waals surface area contributed by atoms with Gasteiger partial charge in [0.1, 0.15) is 11.0 Å². The number of anilines is 1. The standard InChI is InChI=1S/C11H10Cl2N4S2/c1-5-3-14-11(18-4-5)15-8-6(12)2-7(13)9-10(8)17-19-16-9/h2,5H,3-4H2,1H3,(H,14,15). The summed E-state index contributed by atoms with van der Waals surface area (Å²) in [6, 6.07) is 1.69. The summed E-state index contributed by atoms with van der Waals surface area (Å²) in [5.74, 6) is 1.66. The molecule has 0 fully saturated rings. The van der Waals surface area contributed by atoms with E-state index >= 15 is 0 Å². The summed E-state index contributed by atoms with van der Waals surface area (Å²) in [4.78, 5) is 4.49. The van der Waals surface area contributed by atoms with Crippen LogP contribution in [0.15, 0.2) is 11.1 Å². The van der Waals surface area contributed by atoms with Gasteiger partial charge in [0.25, 0.3) is 0 Å². The summed E-state index contributed by atoms with van der Waals surface area (Å²) in [5.41, 5.74) is 2.10. The second-order valence-corrected chi connectivity index (χ2v) is 6.72. The van der Waals surface area contributed by atoms with E-state index in [4.69, 9.17) is 23.2 Å². The van der Waals surface area contributed by atoms with Crippen LogP contribution in [-0.2, 0) is 0 Å². The van der Waals surface area contributed by atoms with Crippen molar-refractivity contribution in [2.45, 2.75) is 6.92 Å². The molecule has 0 amide bonds. The Morgan fingerprint density at radius 2 is 2.05 bits per heavy atom. The lowest BCUT2D eigenvalue weighted by atomic mass is 10.2. The number of nitrogens with one attached hydrogen (secondary N) is 1. The summed E-state index contributed by atoms with van der Waals surface area (Å²) in [7, 11) is 0. The number of amidine groups is 1. The Kier molecular flexibility index (Phi) is 3.84. The molecule has 1 aliphatic heterocycles. The van der Waals surface area contributed by atoms with E-state index in [0.29, 0.717) is 27.0 Å². The van der Waals surface area contributed by atoms with Crippen molar-refractivity contribution in [3.8, 4) is 0 Å². The van der Waals surface area contributed by atoms with Crippen LogP contribution in [0, 0.1) is 5.92 Å². The number of halogens is 2. The number of thioether (sulfide) groups is 1. The van der Waals surface area contributed by atoms with Gasteiger partial charge in [0, 0.05) is 12.3 Å². The van der Waals surface area contributed by atoms with E-state index in [1.54, 1.807) is 17.8 Å². The first-order valence-corrected chi connectivity index (χ1v) is 8.17. The van der Waals surface area contributed by atoms with Crippen molar-refractivity contribution in [1.82, 2.24) is 8.75 Å². The zero-order valence-electron chi connectivity index (χ0n) is 9.98. The Hall–Kier alpha value is -0.560. The molecule has 1 unspecified atom stereocenters. The van der Waals surface area contributed by atoms with Gasteiger partial charge in [-0.3, -0.25) is 4.99 Å². The Morgan fingerprint density at radius 1 is 1.26 bits per heavy atom. The molecule has 100 valence electrons. The molecule has 1 atom stereocenters. The molecule has 1 aromatic carbocycles. The molecule has 0 aliphatic carbocycles. The predicted octanol–water partition coefficient (Wildman–Crippen LogP) is 4.15. The van der Waals surface area contributed by atoms with Gasteiger partial charge in [-0.25, -0.2) is 0 Å². The predicted molar refractivity (Wildman–Crippen MR) is 85.0 cm³/mol. The minimum Gasteiger partial charge on any atom is -0.332 e. The van der Waals surface area contributed by atoms with Gasteiger partial charge in [-0.15, -0.1) is 0 Å². The first-order valence-electron chi connectivity index (χ1n) is 5.69. The Bertz CT molecular complexity index is 655. The second-order valence-electron chi connectivity index (χ2n) is 4.36. The number of hydrogen-bond acceptors (Lipinski definition) is 6. The lowest BCUT2D eigenvalue weighted by Gasteiger charge is -2.18. The fourth-order valence-corrected chi connectivity index (χ4v) is 3.78. The Balaban J connectivity index is 1.99. The molecule has 0 saturated heterocycles. The van der Waals surface area contributed by atoms with Crippen LogP contribution in [0.2, 0.25) is 10.0 Å². The molecule has 0 saturated carbocycles. The largest absolute Gasteiger partial charge is 0.332 e. The average molecular weight is 333 g/mol. The van der Waals surface area contributed by atoms with Crippen molar-refractivity contribution < 1.29 is 0 Å². The summed E-state index contributed by atoms with van der Waals surface area (Å²) >= 11 is 15.1. The summed E-state index contributed by atoms with van der Waals surface area (Å²) in [6.07, 6.45) is 0. The van der Waals surface area contributed by atoms with Crippen LogP contribution < -0.4 is 5.32 Å². The fourth-order valence-electron chi connectivity index (χ4n) is 1.73. The van der Waals surface area contributed by atoms with Crippen LogP contribution in [-0.4, -0.2) is 26.2 Å². The van der Waals surface area contributed by atoms with Crippen molar-refractivity contribution >= 4 is 68.6 Å². The van der Waals surface area contributed by atoms with E-state index in [0.717, 1.165) is 34.9 Å². The molecule has 4 nitrogen and oxygen atoms in total. The zero-order chi connectivity index (χ0) is 13.4. The summed E-state index contributed by atoms with van der Waals surface area (Å²) < 4.78 is 8.43. The molecule has 1 N–H and O–H groups in total. The minimum atomic E-state index is 0.520. The quantitative estimate of drug-likeness (QED) is 0.852. The lowest BCUT2D eigenvalue weighted by Crippen LogP contribution is -2.19. The van der Waals surface area contributed by atoms with Crippen LogP contribution in [0.1, 0.15) is 6.92 Å². The third-order valence-electron chi connectivity index (χ3n) is 2.73. The lowest BCUT2D eigenvalue weighted by molar-refractivity contribution is 0.674. The minimum absolute atomic E-state index is 0.520. The molecule has 3 rings (SSSR count). The van der Waals surface area contributed by atoms with E-state index in [-0.39, 0.29) is 0 Å². The van der Waals surface area contributed by atoms with Gasteiger partial charge in [-0.2, -0.15) is 8.75 Å². The van der Waals surface area contributed by atoms with Crippen molar-refractivity contribution in [2.75, 3.05) is 17.6 Å². The highest BCUT2D eigenvalue weighted by Crippen LogP contribution is 2.36. The van der Waals surface area contributed by atoms with Crippen molar-refractivity contribution in [2.24, 2.45) is 10.9 Å². The number of rotatable bonds is 1. The molecule has 2 heterocycles. The van der Waals surface area contributed by atoms with Gasteiger partial charge in [-0.05, 0) is 12.0 Å². The van der Waals surface area contributed by atoms with E-state index < -0.39 is 0 Å². The first kappa shape index (κ1) is 13.4. The molecular formula is C11H10Cl2N4S2. The highest BCUT2D eigenvalue weighted by molar-refractivity contribution is 8.14. The molecule has 2 aromatic rings. The number of aliphatic imine (C=N–C) groups is 1. The number of fused-ring (bicyclic) bond motifs is 1. The number of hydrogen-bond donors (Lipinski definition) is 1. The summed E-state index contributed by atoms with van der Waals surface area (Å²) in [6.45, 7) is 3.02. The van der Waals surface area contributed by atoms with Crippen molar-refractivity contribution in [3.05, 3.63) is 16.1 Å². The summed E-state index contributed by atoms with van der Waals surface area (Å²) in [5, 5.41) is 5.18. The van der Waals surface area contributed by atoms with E-state index in [9.17, 15) is 0 Å². The highest BCUT2D eigenvalue weighted by Gasteiger charge is 2.18. The van der Waals surface area contributed by atoms with Gasteiger partial charge in [-0.1, -0.05) is 41.9 Å². The number of aromatic nitrogens is 2. The smallest absolute Gasteiger partial charge is 0.161 e. The van der Waals surface area contributed by atoms with E-state index in [2.05, 4.69) is 26.0 Å². The normalized spacial score (nSPS) is 19.5. The fraction of sp³-hybridized carbons (Fsp3) is 0.364. The van der Waals surface area contributed by atoms with Crippen LogP contribution in [0.4, 0.5) is 5.69 Å². The topological polar surface area (TPSA) is 50.2 Å². The Labute approximate surface area is 128 Å². The van der Waals surface area contributed by atoms with E-state index in [1.165, 1.54) is 0 Å². The zero-order valence-corrected chi connectivity index (χ0v) is 13.1.